The van der Waals surface area contributed by atoms with E-state index in [1.165, 1.54) is 6.07 Å². The second-order valence-corrected chi connectivity index (χ2v) is 4.79. The number of pyridine rings is 1. The van der Waals surface area contributed by atoms with E-state index in [1.807, 2.05) is 31.3 Å². The zero-order chi connectivity index (χ0) is 14.8. The minimum atomic E-state index is -0.453. The Hall–Kier alpha value is -2.27. The van der Waals surface area contributed by atoms with Crippen LogP contribution in [0.1, 0.15) is 24.1 Å². The van der Waals surface area contributed by atoms with Gasteiger partial charge >= 0.3 is 0 Å². The first kappa shape index (κ1) is 13.7. The molecule has 0 aliphatic heterocycles. The maximum atomic E-state index is 14.1. The normalized spacial score (nSPS) is 12.7. The molecule has 3 rings (SSSR count). The van der Waals surface area contributed by atoms with Crippen molar-refractivity contribution < 1.29 is 8.78 Å². The van der Waals surface area contributed by atoms with Crippen molar-refractivity contribution in [1.29, 1.82) is 0 Å². The number of hydrogen-bond acceptors (Lipinski definition) is 2. The summed E-state index contributed by atoms with van der Waals surface area (Å²) in [4.78, 5) is 0. The number of rotatable bonds is 4. The van der Waals surface area contributed by atoms with Crippen molar-refractivity contribution in [2.75, 3.05) is 6.54 Å². The smallest absolute Gasteiger partial charge is 0.128 e. The van der Waals surface area contributed by atoms with E-state index in [2.05, 4.69) is 10.4 Å². The molecule has 5 heteroatoms. The minimum Gasteiger partial charge on any atom is -0.306 e. The van der Waals surface area contributed by atoms with Crippen LogP contribution in [0.2, 0.25) is 0 Å². The van der Waals surface area contributed by atoms with E-state index in [0.29, 0.717) is 6.54 Å². The minimum absolute atomic E-state index is 0.288. The highest BCUT2D eigenvalue weighted by molar-refractivity contribution is 5.57. The second kappa shape index (κ2) is 5.61. The topological polar surface area (TPSA) is 29.3 Å². The SMILES string of the molecule is CCNC(c1cc(F)ccc1F)c1cnn2ccccc12. The molecule has 21 heavy (non-hydrogen) atoms. The summed E-state index contributed by atoms with van der Waals surface area (Å²) in [6.07, 6.45) is 3.51. The Kier molecular flexibility index (Phi) is 3.66. The van der Waals surface area contributed by atoms with Gasteiger partial charge in [0.05, 0.1) is 17.8 Å². The maximum absolute atomic E-state index is 14.1. The van der Waals surface area contributed by atoms with Crippen LogP contribution < -0.4 is 5.32 Å². The fourth-order valence-corrected chi connectivity index (χ4v) is 2.50. The van der Waals surface area contributed by atoms with Gasteiger partial charge in [0, 0.05) is 17.3 Å². The molecule has 0 amide bonds. The lowest BCUT2D eigenvalue weighted by Crippen LogP contribution is -2.23. The molecule has 0 saturated carbocycles. The molecule has 2 heterocycles. The molecule has 1 unspecified atom stereocenters. The molecule has 0 radical (unpaired) electrons. The first-order chi connectivity index (χ1) is 10.2. The van der Waals surface area contributed by atoms with Gasteiger partial charge in [-0.1, -0.05) is 13.0 Å². The summed E-state index contributed by atoms with van der Waals surface area (Å²) in [5.41, 5.74) is 1.98. The number of fused-ring (bicyclic) bond motifs is 1. The van der Waals surface area contributed by atoms with Gasteiger partial charge < -0.3 is 5.32 Å². The Morgan fingerprint density at radius 1 is 1.19 bits per heavy atom. The van der Waals surface area contributed by atoms with E-state index < -0.39 is 17.7 Å². The second-order valence-electron chi connectivity index (χ2n) is 4.79. The molecule has 3 nitrogen and oxygen atoms in total. The summed E-state index contributed by atoms with van der Waals surface area (Å²) in [5, 5.41) is 7.46. The highest BCUT2D eigenvalue weighted by atomic mass is 19.1. The van der Waals surface area contributed by atoms with E-state index >= 15 is 0 Å². The van der Waals surface area contributed by atoms with Crippen molar-refractivity contribution in [1.82, 2.24) is 14.9 Å². The highest BCUT2D eigenvalue weighted by Crippen LogP contribution is 2.28. The Labute approximate surface area is 121 Å². The molecule has 0 aliphatic carbocycles. The number of halogens is 2. The molecule has 0 saturated heterocycles. The van der Waals surface area contributed by atoms with Gasteiger partial charge in [0.2, 0.25) is 0 Å². The number of nitrogens with zero attached hydrogens (tertiary/aromatic N) is 2. The van der Waals surface area contributed by atoms with Gasteiger partial charge in [-0.3, -0.25) is 0 Å². The third-order valence-corrected chi connectivity index (χ3v) is 3.44. The highest BCUT2D eigenvalue weighted by Gasteiger charge is 2.21. The standard InChI is InChI=1S/C16H15F2N3/c1-2-19-16(12-9-11(17)6-7-14(12)18)13-10-20-21-8-4-3-5-15(13)21/h3-10,16,19H,2H2,1H3. The average molecular weight is 287 g/mol. The third-order valence-electron chi connectivity index (χ3n) is 3.44. The van der Waals surface area contributed by atoms with E-state index in [-0.39, 0.29) is 5.56 Å². The molecule has 0 aliphatic rings. The van der Waals surface area contributed by atoms with Crippen molar-refractivity contribution in [3.8, 4) is 0 Å². The van der Waals surface area contributed by atoms with Crippen LogP contribution in [0.25, 0.3) is 5.52 Å². The summed E-state index contributed by atoms with van der Waals surface area (Å²) in [7, 11) is 0. The summed E-state index contributed by atoms with van der Waals surface area (Å²) in [5.74, 6) is -0.886. The molecule has 108 valence electrons. The largest absolute Gasteiger partial charge is 0.306 e. The summed E-state index contributed by atoms with van der Waals surface area (Å²) in [6, 6.07) is 8.74. The molecular formula is C16H15F2N3. The molecular weight excluding hydrogens is 272 g/mol. The van der Waals surface area contributed by atoms with Gasteiger partial charge in [0.1, 0.15) is 11.6 Å². The lowest BCUT2D eigenvalue weighted by atomic mass is 9.99. The molecule has 1 atom stereocenters. The Bertz CT molecular complexity index is 767. The van der Waals surface area contributed by atoms with Crippen molar-refractivity contribution in [3.05, 3.63) is 71.6 Å². The molecule has 1 aromatic carbocycles. The van der Waals surface area contributed by atoms with Crippen LogP contribution in [0.3, 0.4) is 0 Å². The fourth-order valence-electron chi connectivity index (χ4n) is 2.50. The lowest BCUT2D eigenvalue weighted by Gasteiger charge is -2.18. The van der Waals surface area contributed by atoms with Crippen LogP contribution in [-0.2, 0) is 0 Å². The predicted molar refractivity (Wildman–Crippen MR) is 77.1 cm³/mol. The number of aromatic nitrogens is 2. The van der Waals surface area contributed by atoms with Crippen LogP contribution in [0.15, 0.2) is 48.8 Å². The average Bonchev–Trinajstić information content (AvgIpc) is 2.91. The van der Waals surface area contributed by atoms with Crippen LogP contribution in [-0.4, -0.2) is 16.2 Å². The van der Waals surface area contributed by atoms with E-state index in [4.69, 9.17) is 0 Å². The van der Waals surface area contributed by atoms with Gasteiger partial charge in [-0.2, -0.15) is 5.10 Å². The number of nitrogens with one attached hydrogen (secondary N) is 1. The number of hydrogen-bond donors (Lipinski definition) is 1. The van der Waals surface area contributed by atoms with Crippen molar-refractivity contribution in [2.45, 2.75) is 13.0 Å². The zero-order valence-electron chi connectivity index (χ0n) is 11.6. The first-order valence-corrected chi connectivity index (χ1v) is 6.81. The Morgan fingerprint density at radius 3 is 2.86 bits per heavy atom. The van der Waals surface area contributed by atoms with Crippen molar-refractivity contribution in [3.63, 3.8) is 0 Å². The van der Waals surface area contributed by atoms with Gasteiger partial charge in [-0.15, -0.1) is 0 Å². The van der Waals surface area contributed by atoms with E-state index in [0.717, 1.165) is 23.2 Å². The first-order valence-electron chi connectivity index (χ1n) is 6.81. The Morgan fingerprint density at radius 2 is 2.05 bits per heavy atom. The third kappa shape index (κ3) is 2.52. The Balaban J connectivity index is 2.15. The van der Waals surface area contributed by atoms with Gasteiger partial charge in [-0.05, 0) is 36.9 Å². The van der Waals surface area contributed by atoms with Crippen LogP contribution in [0.4, 0.5) is 8.78 Å². The van der Waals surface area contributed by atoms with Crippen LogP contribution >= 0.6 is 0 Å². The van der Waals surface area contributed by atoms with Gasteiger partial charge in [-0.25, -0.2) is 13.3 Å². The molecule has 0 fully saturated rings. The lowest BCUT2D eigenvalue weighted by molar-refractivity contribution is 0.546. The monoisotopic (exact) mass is 287 g/mol. The summed E-state index contributed by atoms with van der Waals surface area (Å²) < 4.78 is 29.3. The summed E-state index contributed by atoms with van der Waals surface area (Å²) in [6.45, 7) is 2.56. The molecule has 0 spiro atoms. The van der Waals surface area contributed by atoms with E-state index in [9.17, 15) is 8.78 Å². The predicted octanol–water partition coefficient (Wildman–Crippen LogP) is 3.31. The summed E-state index contributed by atoms with van der Waals surface area (Å²) >= 11 is 0. The van der Waals surface area contributed by atoms with E-state index in [1.54, 1.807) is 10.7 Å². The molecule has 3 aromatic rings. The van der Waals surface area contributed by atoms with Crippen LogP contribution in [0.5, 0.6) is 0 Å². The van der Waals surface area contributed by atoms with Crippen LogP contribution in [0, 0.1) is 11.6 Å². The van der Waals surface area contributed by atoms with Crippen molar-refractivity contribution >= 4 is 5.52 Å². The quantitative estimate of drug-likeness (QED) is 0.797. The maximum Gasteiger partial charge on any atom is 0.128 e. The van der Waals surface area contributed by atoms with Crippen molar-refractivity contribution in [2.24, 2.45) is 0 Å². The molecule has 0 bridgehead atoms. The fraction of sp³-hybridized carbons (Fsp3) is 0.188. The van der Waals surface area contributed by atoms with Gasteiger partial charge in [0.25, 0.3) is 0 Å². The molecule has 2 aromatic heterocycles. The number of benzene rings is 1. The van der Waals surface area contributed by atoms with Gasteiger partial charge in [0.15, 0.2) is 0 Å². The molecule has 1 N–H and O–H groups in total. The zero-order valence-corrected chi connectivity index (χ0v) is 11.6.